The van der Waals surface area contributed by atoms with E-state index < -0.39 is 21.4 Å². The number of methoxy groups -OCH3 is 3. The van der Waals surface area contributed by atoms with Crippen LogP contribution >= 0.6 is 11.6 Å². The molecule has 37 heavy (non-hydrogen) atoms. The first-order chi connectivity index (χ1) is 17.7. The van der Waals surface area contributed by atoms with Gasteiger partial charge in [0.1, 0.15) is 34.4 Å². The lowest BCUT2D eigenvalue weighted by Gasteiger charge is -2.30. The zero-order valence-electron chi connectivity index (χ0n) is 21.4. The molecule has 0 amide bonds. The molecule has 3 aromatic rings. The SMILES string of the molecule is COc1cccc(OC)c1-n1c(C[C@H]2C[C@H](Cl)C2)nnc1NS(=O)(=O)[C@@H](C)[C@H](OC)c1ncc(C)cn1. The topological polar surface area (TPSA) is 130 Å². The molecular formula is C24H31ClN6O5S. The second-order valence-electron chi connectivity index (χ2n) is 9.05. The van der Waals surface area contributed by atoms with Crippen molar-refractivity contribution < 1.29 is 22.6 Å². The minimum atomic E-state index is -4.05. The monoisotopic (exact) mass is 550 g/mol. The standard InChI is InChI=1S/C24H31ClN6O5S/c1-14-12-26-23(27-13-14)22(36-5)15(2)37(32,33)30-24-29-28-20(11-16-9-17(25)10-16)31(24)21-18(34-3)7-6-8-19(21)35-4/h6-8,12-13,15-17,22H,9-11H2,1-5H3,(H,29,30)/t15-,16-,17-,22-/m0/s1. The van der Waals surface area contributed by atoms with Crippen LogP contribution in [0.5, 0.6) is 11.5 Å². The van der Waals surface area contributed by atoms with Gasteiger partial charge in [-0.3, -0.25) is 9.29 Å². The van der Waals surface area contributed by atoms with Gasteiger partial charge >= 0.3 is 0 Å². The normalized spacial score (nSPS) is 19.1. The number of aromatic nitrogens is 5. The highest BCUT2D eigenvalue weighted by molar-refractivity contribution is 7.93. The van der Waals surface area contributed by atoms with Crippen LogP contribution in [0.25, 0.3) is 5.69 Å². The average molecular weight is 551 g/mol. The number of nitrogens with one attached hydrogen (secondary N) is 1. The second-order valence-corrected chi connectivity index (χ2v) is 11.7. The Kier molecular flexibility index (Phi) is 8.20. The van der Waals surface area contributed by atoms with Crippen LogP contribution in [0.3, 0.4) is 0 Å². The first-order valence-corrected chi connectivity index (χ1v) is 13.8. The van der Waals surface area contributed by atoms with E-state index in [9.17, 15) is 8.42 Å². The highest BCUT2D eigenvalue weighted by Gasteiger charge is 2.36. The maximum absolute atomic E-state index is 13.6. The number of rotatable bonds is 11. The molecule has 1 aliphatic rings. The van der Waals surface area contributed by atoms with Gasteiger partial charge in [-0.15, -0.1) is 21.8 Å². The zero-order valence-corrected chi connectivity index (χ0v) is 23.0. The summed E-state index contributed by atoms with van der Waals surface area (Å²) in [6, 6.07) is 5.30. The largest absolute Gasteiger partial charge is 0.494 e. The molecule has 0 unspecified atom stereocenters. The summed E-state index contributed by atoms with van der Waals surface area (Å²) in [6.07, 6.45) is 4.58. The number of ether oxygens (including phenoxy) is 3. The maximum atomic E-state index is 13.6. The van der Waals surface area contributed by atoms with Crippen molar-refractivity contribution in [2.45, 2.75) is 49.8 Å². The average Bonchev–Trinajstić information content (AvgIpc) is 3.24. The minimum Gasteiger partial charge on any atom is -0.494 e. The number of anilines is 1. The van der Waals surface area contributed by atoms with E-state index in [2.05, 4.69) is 24.9 Å². The third-order valence-electron chi connectivity index (χ3n) is 6.46. The summed E-state index contributed by atoms with van der Waals surface area (Å²) in [5.74, 6) is 2.09. The predicted octanol–water partition coefficient (Wildman–Crippen LogP) is 3.46. The van der Waals surface area contributed by atoms with E-state index >= 15 is 0 Å². The van der Waals surface area contributed by atoms with Crippen molar-refractivity contribution in [1.82, 2.24) is 24.7 Å². The van der Waals surface area contributed by atoms with Gasteiger partial charge in [0.25, 0.3) is 0 Å². The van der Waals surface area contributed by atoms with Gasteiger partial charge < -0.3 is 14.2 Å². The highest BCUT2D eigenvalue weighted by Crippen LogP contribution is 2.39. The molecule has 1 saturated carbocycles. The highest BCUT2D eigenvalue weighted by atomic mass is 35.5. The van der Waals surface area contributed by atoms with Crippen LogP contribution in [0.15, 0.2) is 30.6 Å². The van der Waals surface area contributed by atoms with Crippen LogP contribution in [0, 0.1) is 12.8 Å². The Balaban J connectivity index is 1.74. The molecule has 1 aliphatic carbocycles. The van der Waals surface area contributed by atoms with E-state index in [-0.39, 0.29) is 17.1 Å². The van der Waals surface area contributed by atoms with E-state index in [0.717, 1.165) is 18.4 Å². The van der Waals surface area contributed by atoms with Crippen molar-refractivity contribution in [3.63, 3.8) is 0 Å². The number of nitrogens with zero attached hydrogens (tertiary/aromatic N) is 5. The van der Waals surface area contributed by atoms with Crippen LogP contribution in [0.1, 0.15) is 43.1 Å². The molecule has 0 spiro atoms. The van der Waals surface area contributed by atoms with Crippen LogP contribution < -0.4 is 14.2 Å². The lowest BCUT2D eigenvalue weighted by molar-refractivity contribution is 0.0949. The molecule has 13 heteroatoms. The molecule has 1 aromatic carbocycles. The van der Waals surface area contributed by atoms with Gasteiger partial charge in [0.2, 0.25) is 16.0 Å². The van der Waals surface area contributed by atoms with Gasteiger partial charge in [-0.2, -0.15) is 0 Å². The fourth-order valence-electron chi connectivity index (χ4n) is 4.32. The molecule has 1 N–H and O–H groups in total. The number of sulfonamides is 1. The van der Waals surface area contributed by atoms with Crippen molar-refractivity contribution in [2.24, 2.45) is 5.92 Å². The van der Waals surface area contributed by atoms with Gasteiger partial charge in [0, 0.05) is 31.3 Å². The lowest BCUT2D eigenvalue weighted by atomic mass is 9.82. The number of hydrogen-bond donors (Lipinski definition) is 1. The van der Waals surface area contributed by atoms with Crippen molar-refractivity contribution >= 4 is 27.6 Å². The van der Waals surface area contributed by atoms with Crippen LogP contribution in [0.4, 0.5) is 5.95 Å². The van der Waals surface area contributed by atoms with Gasteiger partial charge in [-0.25, -0.2) is 18.4 Å². The molecule has 1 fully saturated rings. The summed E-state index contributed by atoms with van der Waals surface area (Å²) in [7, 11) is 0.432. The summed E-state index contributed by atoms with van der Waals surface area (Å²) in [5, 5.41) is 7.64. The molecule has 4 rings (SSSR count). The number of alkyl halides is 1. The number of halogens is 1. The quantitative estimate of drug-likeness (QED) is 0.356. The Hall–Kier alpha value is -2.96. The van der Waals surface area contributed by atoms with Crippen molar-refractivity contribution in [3.05, 3.63) is 47.8 Å². The van der Waals surface area contributed by atoms with Crippen molar-refractivity contribution in [3.8, 4) is 17.2 Å². The summed E-state index contributed by atoms with van der Waals surface area (Å²) < 4.78 is 48.1. The Morgan fingerprint density at radius 2 is 1.73 bits per heavy atom. The summed E-state index contributed by atoms with van der Waals surface area (Å²) in [4.78, 5) is 8.51. The number of aryl methyl sites for hydroxylation is 1. The van der Waals surface area contributed by atoms with Gasteiger partial charge in [0.05, 0.1) is 14.2 Å². The van der Waals surface area contributed by atoms with Gasteiger partial charge in [-0.05, 0) is 50.3 Å². The first kappa shape index (κ1) is 27.1. The van der Waals surface area contributed by atoms with Crippen molar-refractivity contribution in [1.29, 1.82) is 0 Å². The molecule has 0 bridgehead atoms. The van der Waals surface area contributed by atoms with E-state index in [4.69, 9.17) is 25.8 Å². The molecular weight excluding hydrogens is 520 g/mol. The minimum absolute atomic E-state index is 0.00562. The van der Waals surface area contributed by atoms with Crippen LogP contribution in [0.2, 0.25) is 0 Å². The number of para-hydroxylation sites is 1. The zero-order chi connectivity index (χ0) is 26.7. The predicted molar refractivity (Wildman–Crippen MR) is 139 cm³/mol. The lowest BCUT2D eigenvalue weighted by Crippen LogP contribution is -2.33. The summed E-state index contributed by atoms with van der Waals surface area (Å²) in [6.45, 7) is 3.38. The number of hydrogen-bond acceptors (Lipinski definition) is 9. The molecule has 2 aromatic heterocycles. The molecule has 2 heterocycles. The fourth-order valence-corrected chi connectivity index (χ4v) is 5.96. The Labute approximate surface area is 221 Å². The Bertz CT molecular complexity index is 1310. The fraction of sp³-hybridized carbons (Fsp3) is 0.500. The summed E-state index contributed by atoms with van der Waals surface area (Å²) in [5.41, 5.74) is 1.34. The molecule has 200 valence electrons. The van der Waals surface area contributed by atoms with Crippen molar-refractivity contribution in [2.75, 3.05) is 26.1 Å². The van der Waals surface area contributed by atoms with Crippen LogP contribution in [-0.4, -0.2) is 65.1 Å². The van der Waals surface area contributed by atoms with Gasteiger partial charge in [0.15, 0.2) is 5.82 Å². The molecule has 0 aliphatic heterocycles. The molecule has 0 radical (unpaired) electrons. The number of benzene rings is 1. The van der Waals surface area contributed by atoms with Crippen LogP contribution in [-0.2, 0) is 21.2 Å². The third-order valence-corrected chi connectivity index (χ3v) is 8.51. The Morgan fingerprint density at radius 3 is 2.27 bits per heavy atom. The second kappa shape index (κ2) is 11.2. The molecule has 0 saturated heterocycles. The molecule has 2 atom stereocenters. The van der Waals surface area contributed by atoms with E-state index in [1.165, 1.54) is 28.3 Å². The third kappa shape index (κ3) is 5.65. The first-order valence-electron chi connectivity index (χ1n) is 11.8. The van der Waals surface area contributed by atoms with E-state index in [1.54, 1.807) is 35.2 Å². The molecule has 11 nitrogen and oxygen atoms in total. The van der Waals surface area contributed by atoms with E-state index in [1.807, 2.05) is 6.92 Å². The van der Waals surface area contributed by atoms with Gasteiger partial charge in [-0.1, -0.05) is 6.07 Å². The Morgan fingerprint density at radius 1 is 1.11 bits per heavy atom. The van der Waals surface area contributed by atoms with E-state index in [0.29, 0.717) is 35.3 Å². The maximum Gasteiger partial charge on any atom is 0.243 e. The smallest absolute Gasteiger partial charge is 0.243 e. The summed E-state index contributed by atoms with van der Waals surface area (Å²) >= 11 is 6.20.